The lowest BCUT2D eigenvalue weighted by Gasteiger charge is -2.29. The van der Waals surface area contributed by atoms with E-state index in [9.17, 15) is 0 Å². The highest BCUT2D eigenvalue weighted by atomic mass is 32.1. The predicted molar refractivity (Wildman–Crippen MR) is 89.7 cm³/mol. The molecule has 3 rings (SSSR count). The number of ether oxygens (including phenoxy) is 1. The summed E-state index contributed by atoms with van der Waals surface area (Å²) in [6.07, 6.45) is 2.20. The number of pyridine rings is 1. The number of hydrogen-bond donors (Lipinski definition) is 2. The predicted octanol–water partition coefficient (Wildman–Crippen LogP) is 2.85. The van der Waals surface area contributed by atoms with Crippen LogP contribution in [0.5, 0.6) is 0 Å². The third kappa shape index (κ3) is 3.14. The summed E-state index contributed by atoms with van der Waals surface area (Å²) in [5.41, 5.74) is 7.62. The third-order valence-corrected chi connectivity index (χ3v) is 4.04. The molecule has 2 heterocycles. The van der Waals surface area contributed by atoms with Crippen LogP contribution in [0.3, 0.4) is 0 Å². The maximum absolute atomic E-state index is 5.86. The molecule has 0 amide bonds. The van der Waals surface area contributed by atoms with Gasteiger partial charge in [-0.25, -0.2) is 4.98 Å². The Kier molecular flexibility index (Phi) is 4.03. The van der Waals surface area contributed by atoms with Gasteiger partial charge in [-0.05, 0) is 31.9 Å². The fraction of sp³-hybridized carbons (Fsp3) is 0.375. The standard InChI is InChI=1S/C16H19N3OS/c1-10-8-12(6-7-20-10)18-16-13(15(17)21)9-11-4-2-3-5-14(11)19-16/h2-5,9-10,12H,6-8H2,1H3,(H2,17,21)(H,18,19). The fourth-order valence-electron chi connectivity index (χ4n) is 2.74. The van der Waals surface area contributed by atoms with E-state index in [4.69, 9.17) is 27.7 Å². The summed E-state index contributed by atoms with van der Waals surface area (Å²) >= 11 is 5.18. The summed E-state index contributed by atoms with van der Waals surface area (Å²) in [6.45, 7) is 2.87. The summed E-state index contributed by atoms with van der Waals surface area (Å²) < 4.78 is 5.58. The van der Waals surface area contributed by atoms with Gasteiger partial charge in [0.25, 0.3) is 0 Å². The molecule has 1 aliphatic heterocycles. The number of aromatic nitrogens is 1. The number of nitrogens with two attached hydrogens (primary N) is 1. The van der Waals surface area contributed by atoms with Gasteiger partial charge in [0.15, 0.2) is 0 Å². The van der Waals surface area contributed by atoms with Crippen molar-refractivity contribution in [2.24, 2.45) is 5.73 Å². The van der Waals surface area contributed by atoms with Crippen LogP contribution in [0.4, 0.5) is 5.82 Å². The number of para-hydroxylation sites is 1. The summed E-state index contributed by atoms with van der Waals surface area (Å²) in [5, 5.41) is 4.54. The molecule has 1 aromatic carbocycles. The van der Waals surface area contributed by atoms with Gasteiger partial charge in [0.1, 0.15) is 10.8 Å². The molecule has 0 radical (unpaired) electrons. The molecule has 5 heteroatoms. The zero-order chi connectivity index (χ0) is 14.8. The number of thiocarbonyl (C=S) groups is 1. The van der Waals surface area contributed by atoms with E-state index in [1.807, 2.05) is 30.3 Å². The van der Waals surface area contributed by atoms with Crippen molar-refractivity contribution in [2.75, 3.05) is 11.9 Å². The number of nitrogens with zero attached hydrogens (tertiary/aromatic N) is 1. The van der Waals surface area contributed by atoms with E-state index in [0.29, 0.717) is 11.0 Å². The molecule has 2 atom stereocenters. The Labute approximate surface area is 129 Å². The average Bonchev–Trinajstić information content (AvgIpc) is 2.46. The number of nitrogens with one attached hydrogen (secondary N) is 1. The van der Waals surface area contributed by atoms with E-state index in [0.717, 1.165) is 41.7 Å². The Morgan fingerprint density at radius 3 is 3.00 bits per heavy atom. The van der Waals surface area contributed by atoms with Crippen molar-refractivity contribution in [1.29, 1.82) is 0 Å². The minimum atomic E-state index is 0.269. The first kappa shape index (κ1) is 14.2. The molecule has 1 aliphatic rings. The molecule has 1 saturated heterocycles. The first-order valence-corrected chi connectivity index (χ1v) is 7.62. The van der Waals surface area contributed by atoms with Gasteiger partial charge in [0.05, 0.1) is 17.2 Å². The van der Waals surface area contributed by atoms with Crippen molar-refractivity contribution in [3.63, 3.8) is 0 Å². The Bertz CT molecular complexity index is 674. The van der Waals surface area contributed by atoms with Crippen LogP contribution in [0.25, 0.3) is 10.9 Å². The smallest absolute Gasteiger partial charge is 0.137 e. The highest BCUT2D eigenvalue weighted by Crippen LogP contribution is 2.24. The molecule has 110 valence electrons. The van der Waals surface area contributed by atoms with Gasteiger partial charge in [-0.15, -0.1) is 0 Å². The molecule has 0 aliphatic carbocycles. The third-order valence-electron chi connectivity index (χ3n) is 3.82. The number of anilines is 1. The van der Waals surface area contributed by atoms with Gasteiger partial charge in [-0.1, -0.05) is 30.4 Å². The SMILES string of the molecule is CC1CC(Nc2nc3ccccc3cc2C(N)=S)CCO1. The van der Waals surface area contributed by atoms with Crippen LogP contribution in [0.1, 0.15) is 25.3 Å². The molecular formula is C16H19N3OS. The van der Waals surface area contributed by atoms with Crippen LogP contribution in [0.15, 0.2) is 30.3 Å². The van der Waals surface area contributed by atoms with Crippen molar-refractivity contribution in [1.82, 2.24) is 4.98 Å². The Balaban J connectivity index is 1.95. The lowest BCUT2D eigenvalue weighted by Crippen LogP contribution is -2.33. The van der Waals surface area contributed by atoms with Gasteiger partial charge < -0.3 is 15.8 Å². The first-order valence-electron chi connectivity index (χ1n) is 7.21. The highest BCUT2D eigenvalue weighted by Gasteiger charge is 2.21. The second-order valence-corrected chi connectivity index (χ2v) is 5.93. The quantitative estimate of drug-likeness (QED) is 0.854. The van der Waals surface area contributed by atoms with Gasteiger partial charge in [0.2, 0.25) is 0 Å². The molecule has 3 N–H and O–H groups in total. The summed E-state index contributed by atoms with van der Waals surface area (Å²) in [7, 11) is 0. The van der Waals surface area contributed by atoms with Crippen molar-refractivity contribution in [3.8, 4) is 0 Å². The lowest BCUT2D eigenvalue weighted by molar-refractivity contribution is 0.0232. The topological polar surface area (TPSA) is 60.2 Å². The molecule has 1 fully saturated rings. The molecular weight excluding hydrogens is 282 g/mol. The second kappa shape index (κ2) is 5.95. The molecule has 0 spiro atoms. The minimum absolute atomic E-state index is 0.269. The second-order valence-electron chi connectivity index (χ2n) is 5.49. The maximum atomic E-state index is 5.86. The average molecular weight is 301 g/mol. The summed E-state index contributed by atoms with van der Waals surface area (Å²) in [6, 6.07) is 10.3. The van der Waals surface area contributed by atoms with E-state index in [1.54, 1.807) is 0 Å². The number of rotatable bonds is 3. The fourth-order valence-corrected chi connectivity index (χ4v) is 2.89. The number of benzene rings is 1. The monoisotopic (exact) mass is 301 g/mol. The number of hydrogen-bond acceptors (Lipinski definition) is 4. The Morgan fingerprint density at radius 2 is 2.24 bits per heavy atom. The molecule has 0 saturated carbocycles. The molecule has 1 aromatic heterocycles. The molecule has 2 unspecified atom stereocenters. The normalized spacial score (nSPS) is 22.1. The maximum Gasteiger partial charge on any atom is 0.137 e. The zero-order valence-electron chi connectivity index (χ0n) is 12.0. The lowest BCUT2D eigenvalue weighted by atomic mass is 10.0. The van der Waals surface area contributed by atoms with Crippen LogP contribution < -0.4 is 11.1 Å². The van der Waals surface area contributed by atoms with Gasteiger partial charge in [-0.2, -0.15) is 0 Å². The van der Waals surface area contributed by atoms with E-state index >= 15 is 0 Å². The van der Waals surface area contributed by atoms with Crippen LogP contribution in [0.2, 0.25) is 0 Å². The van der Waals surface area contributed by atoms with Crippen molar-refractivity contribution in [2.45, 2.75) is 31.9 Å². The van der Waals surface area contributed by atoms with Gasteiger partial charge in [-0.3, -0.25) is 0 Å². The van der Waals surface area contributed by atoms with Gasteiger partial charge >= 0.3 is 0 Å². The van der Waals surface area contributed by atoms with Crippen molar-refractivity contribution in [3.05, 3.63) is 35.9 Å². The van der Waals surface area contributed by atoms with E-state index in [2.05, 4.69) is 12.2 Å². The van der Waals surface area contributed by atoms with E-state index in [-0.39, 0.29) is 6.10 Å². The largest absolute Gasteiger partial charge is 0.389 e. The van der Waals surface area contributed by atoms with E-state index in [1.165, 1.54) is 0 Å². The minimum Gasteiger partial charge on any atom is -0.389 e. The first-order chi connectivity index (χ1) is 10.1. The number of fused-ring (bicyclic) bond motifs is 1. The van der Waals surface area contributed by atoms with Crippen LogP contribution in [-0.4, -0.2) is 28.7 Å². The van der Waals surface area contributed by atoms with Crippen LogP contribution in [-0.2, 0) is 4.74 Å². The molecule has 2 aromatic rings. The molecule has 21 heavy (non-hydrogen) atoms. The Hall–Kier alpha value is -1.72. The molecule has 0 bridgehead atoms. The van der Waals surface area contributed by atoms with Crippen LogP contribution in [0, 0.1) is 0 Å². The van der Waals surface area contributed by atoms with Gasteiger partial charge in [0, 0.05) is 18.0 Å². The summed E-state index contributed by atoms with van der Waals surface area (Å²) in [5.74, 6) is 0.778. The van der Waals surface area contributed by atoms with Crippen LogP contribution >= 0.6 is 12.2 Å². The molecule has 4 nitrogen and oxygen atoms in total. The summed E-state index contributed by atoms with van der Waals surface area (Å²) in [4.78, 5) is 5.07. The van der Waals surface area contributed by atoms with E-state index < -0.39 is 0 Å². The zero-order valence-corrected chi connectivity index (χ0v) is 12.8. The highest BCUT2D eigenvalue weighted by molar-refractivity contribution is 7.80. The Morgan fingerprint density at radius 1 is 1.43 bits per heavy atom. The van der Waals surface area contributed by atoms with Crippen molar-refractivity contribution >= 4 is 33.9 Å². The van der Waals surface area contributed by atoms with Crippen molar-refractivity contribution < 1.29 is 4.74 Å².